The van der Waals surface area contributed by atoms with Gasteiger partial charge in [-0.05, 0) is 25.5 Å². The van der Waals surface area contributed by atoms with Crippen LogP contribution in [0.15, 0.2) is 18.2 Å². The summed E-state index contributed by atoms with van der Waals surface area (Å²) in [7, 11) is 0. The van der Waals surface area contributed by atoms with Crippen molar-refractivity contribution in [1.29, 1.82) is 0 Å². The molecule has 0 saturated carbocycles. The second-order valence-electron chi connectivity index (χ2n) is 6.49. The van der Waals surface area contributed by atoms with Crippen LogP contribution < -0.4 is 14.8 Å². The first-order chi connectivity index (χ1) is 12.5. The molecule has 1 aromatic rings. The lowest BCUT2D eigenvalue weighted by atomic mass is 10.2. The highest BCUT2D eigenvalue weighted by atomic mass is 32.2. The van der Waals surface area contributed by atoms with Crippen LogP contribution in [0.25, 0.3) is 0 Å². The molecule has 9 heteroatoms. The van der Waals surface area contributed by atoms with Crippen LogP contribution in [0.2, 0.25) is 0 Å². The number of nitrogens with zero attached hydrogens (tertiary/aromatic N) is 1. The number of hydrogen-bond donors (Lipinski definition) is 1. The van der Waals surface area contributed by atoms with E-state index in [9.17, 15) is 14.4 Å². The smallest absolute Gasteiger partial charge is 0.330 e. The molecule has 3 heterocycles. The van der Waals surface area contributed by atoms with Gasteiger partial charge in [0.05, 0.1) is 4.87 Å². The zero-order chi connectivity index (χ0) is 18.3. The maximum atomic E-state index is 12.3. The van der Waals surface area contributed by atoms with E-state index in [1.54, 1.807) is 34.9 Å². The standard InChI is InChI=1S/C17H18N2O6S/c1-17-5-4-15(21)19(17)11(8-26-17)16(22)23-7-14(20)18-10-2-3-12-13(6-10)25-9-24-12/h2-3,6,11H,4-5,7-9H2,1H3,(H,18,20)/t11-,17-/m1/s1. The van der Waals surface area contributed by atoms with Gasteiger partial charge in [0.1, 0.15) is 6.04 Å². The number of thioether (sulfide) groups is 1. The third kappa shape index (κ3) is 2.96. The molecule has 0 radical (unpaired) electrons. The summed E-state index contributed by atoms with van der Waals surface area (Å²) in [6, 6.07) is 4.39. The van der Waals surface area contributed by atoms with Crippen LogP contribution in [0.1, 0.15) is 19.8 Å². The maximum Gasteiger partial charge on any atom is 0.330 e. The van der Waals surface area contributed by atoms with Gasteiger partial charge in [0.25, 0.3) is 5.91 Å². The molecule has 0 unspecified atom stereocenters. The minimum atomic E-state index is -0.627. The molecule has 4 rings (SSSR count). The zero-order valence-electron chi connectivity index (χ0n) is 14.1. The Morgan fingerprint density at radius 3 is 3.04 bits per heavy atom. The van der Waals surface area contributed by atoms with Crippen molar-refractivity contribution in [3.8, 4) is 11.5 Å². The number of fused-ring (bicyclic) bond motifs is 2. The number of hydrogen-bond acceptors (Lipinski definition) is 7. The Balaban J connectivity index is 1.32. The van der Waals surface area contributed by atoms with Gasteiger partial charge in [-0.3, -0.25) is 9.59 Å². The van der Waals surface area contributed by atoms with Crippen LogP contribution in [0.3, 0.4) is 0 Å². The number of carbonyl (C=O) groups is 3. The van der Waals surface area contributed by atoms with Crippen molar-refractivity contribution in [3.05, 3.63) is 18.2 Å². The lowest BCUT2D eigenvalue weighted by Gasteiger charge is -2.29. The molecule has 0 bridgehead atoms. The molecule has 8 nitrogen and oxygen atoms in total. The molecule has 26 heavy (non-hydrogen) atoms. The molecule has 1 N–H and O–H groups in total. The Morgan fingerprint density at radius 1 is 1.38 bits per heavy atom. The van der Waals surface area contributed by atoms with Crippen LogP contribution in [-0.2, 0) is 19.1 Å². The molecule has 0 aliphatic carbocycles. The number of nitrogens with one attached hydrogen (secondary N) is 1. The summed E-state index contributed by atoms with van der Waals surface area (Å²) in [4.78, 5) is 37.7. The average molecular weight is 378 g/mol. The quantitative estimate of drug-likeness (QED) is 0.791. The Kier molecular flexibility index (Phi) is 4.18. The lowest BCUT2D eigenvalue weighted by Crippen LogP contribution is -2.47. The molecule has 1 aromatic carbocycles. The van der Waals surface area contributed by atoms with E-state index in [4.69, 9.17) is 14.2 Å². The molecule has 2 amide bonds. The monoisotopic (exact) mass is 378 g/mol. The summed E-state index contributed by atoms with van der Waals surface area (Å²) >= 11 is 1.58. The van der Waals surface area contributed by atoms with E-state index in [0.717, 1.165) is 6.42 Å². The topological polar surface area (TPSA) is 94.2 Å². The fourth-order valence-electron chi connectivity index (χ4n) is 3.40. The van der Waals surface area contributed by atoms with Crippen molar-refractivity contribution in [2.75, 3.05) is 24.5 Å². The Hall–Kier alpha value is -2.42. The number of carbonyl (C=O) groups excluding carboxylic acids is 3. The Morgan fingerprint density at radius 2 is 2.19 bits per heavy atom. The van der Waals surface area contributed by atoms with Crippen molar-refractivity contribution in [1.82, 2.24) is 4.90 Å². The summed E-state index contributed by atoms with van der Waals surface area (Å²) in [5.74, 6) is 0.617. The second kappa shape index (κ2) is 6.39. The highest BCUT2D eigenvalue weighted by molar-refractivity contribution is 8.01. The van der Waals surface area contributed by atoms with E-state index in [1.807, 2.05) is 6.92 Å². The van der Waals surface area contributed by atoms with Crippen molar-refractivity contribution >= 4 is 35.2 Å². The van der Waals surface area contributed by atoms with Crippen LogP contribution >= 0.6 is 11.8 Å². The molecule has 2 atom stereocenters. The van der Waals surface area contributed by atoms with Crippen LogP contribution in [-0.4, -0.2) is 52.7 Å². The summed E-state index contributed by atoms with van der Waals surface area (Å²) < 4.78 is 15.6. The van der Waals surface area contributed by atoms with E-state index in [0.29, 0.717) is 29.4 Å². The summed E-state index contributed by atoms with van der Waals surface area (Å²) in [6.07, 6.45) is 1.17. The van der Waals surface area contributed by atoms with Gasteiger partial charge in [-0.25, -0.2) is 4.79 Å². The van der Waals surface area contributed by atoms with Crippen LogP contribution in [0.5, 0.6) is 11.5 Å². The van der Waals surface area contributed by atoms with Crippen LogP contribution in [0.4, 0.5) is 5.69 Å². The molecule has 0 spiro atoms. The van der Waals surface area contributed by atoms with Crippen molar-refractivity contribution in [3.63, 3.8) is 0 Å². The molecule has 2 saturated heterocycles. The van der Waals surface area contributed by atoms with Gasteiger partial charge in [-0.1, -0.05) is 0 Å². The highest BCUT2D eigenvalue weighted by Crippen LogP contribution is 2.47. The summed E-state index contributed by atoms with van der Waals surface area (Å²) in [5.41, 5.74) is 0.522. The third-order valence-corrected chi connectivity index (χ3v) is 6.22. The lowest BCUT2D eigenvalue weighted by molar-refractivity contribution is -0.155. The number of amides is 2. The summed E-state index contributed by atoms with van der Waals surface area (Å²) in [6.45, 7) is 1.70. The number of ether oxygens (including phenoxy) is 3. The number of anilines is 1. The SMILES string of the molecule is C[C@@]12CCC(=O)N1[C@@H](C(=O)OCC(=O)Nc1ccc3c(c1)OCO3)CS2. The van der Waals surface area contributed by atoms with Gasteiger partial charge >= 0.3 is 5.97 Å². The van der Waals surface area contributed by atoms with Crippen LogP contribution in [0, 0.1) is 0 Å². The highest BCUT2D eigenvalue weighted by Gasteiger charge is 2.53. The molecule has 3 aliphatic rings. The first-order valence-corrected chi connectivity index (χ1v) is 9.27. The molecular formula is C17H18N2O6S. The van der Waals surface area contributed by atoms with E-state index in [2.05, 4.69) is 5.32 Å². The summed E-state index contributed by atoms with van der Waals surface area (Å²) in [5, 5.41) is 2.64. The predicted molar refractivity (Wildman–Crippen MR) is 92.9 cm³/mol. The number of rotatable bonds is 4. The van der Waals surface area contributed by atoms with E-state index in [-0.39, 0.29) is 17.6 Å². The van der Waals surface area contributed by atoms with Gasteiger partial charge in [0.15, 0.2) is 18.1 Å². The first-order valence-electron chi connectivity index (χ1n) is 8.28. The fraction of sp³-hybridized carbons (Fsp3) is 0.471. The number of esters is 1. The van der Waals surface area contributed by atoms with Gasteiger partial charge in [-0.15, -0.1) is 11.8 Å². The number of benzene rings is 1. The van der Waals surface area contributed by atoms with Gasteiger partial charge in [0.2, 0.25) is 12.7 Å². The van der Waals surface area contributed by atoms with E-state index in [1.165, 1.54) is 0 Å². The molecular weight excluding hydrogens is 360 g/mol. The minimum Gasteiger partial charge on any atom is -0.454 e. The predicted octanol–water partition coefficient (Wildman–Crippen LogP) is 1.35. The molecule has 138 valence electrons. The van der Waals surface area contributed by atoms with Crippen molar-refractivity contribution in [2.24, 2.45) is 0 Å². The molecule has 0 aromatic heterocycles. The normalized spacial score (nSPS) is 26.0. The van der Waals surface area contributed by atoms with Gasteiger partial charge < -0.3 is 24.4 Å². The Labute approximate surface area is 154 Å². The van der Waals surface area contributed by atoms with Crippen molar-refractivity contribution in [2.45, 2.75) is 30.7 Å². The first kappa shape index (κ1) is 17.0. The fourth-order valence-corrected chi connectivity index (χ4v) is 4.82. The van der Waals surface area contributed by atoms with Crippen molar-refractivity contribution < 1.29 is 28.6 Å². The second-order valence-corrected chi connectivity index (χ2v) is 7.99. The molecule has 2 fully saturated rings. The van der Waals surface area contributed by atoms with Gasteiger partial charge in [-0.2, -0.15) is 0 Å². The van der Waals surface area contributed by atoms with Gasteiger partial charge in [0, 0.05) is 23.9 Å². The largest absolute Gasteiger partial charge is 0.454 e. The van der Waals surface area contributed by atoms with E-state index >= 15 is 0 Å². The average Bonchev–Trinajstić information content (AvgIpc) is 3.28. The maximum absolute atomic E-state index is 12.3. The third-order valence-electron chi connectivity index (χ3n) is 4.72. The zero-order valence-corrected chi connectivity index (χ0v) is 15.0. The van der Waals surface area contributed by atoms with E-state index < -0.39 is 24.5 Å². The molecule has 3 aliphatic heterocycles. The Bertz CT molecular complexity index is 785. The minimum absolute atomic E-state index is 0.0377.